The van der Waals surface area contributed by atoms with Crippen LogP contribution < -0.4 is 0 Å². The number of hydrogen-bond acceptors (Lipinski definition) is 4. The Morgan fingerprint density at radius 3 is 2.50 bits per heavy atom. The highest BCUT2D eigenvalue weighted by Gasteiger charge is 2.49. The number of alkyl halides is 3. The van der Waals surface area contributed by atoms with Crippen molar-refractivity contribution in [3.05, 3.63) is 11.8 Å². The van der Waals surface area contributed by atoms with Crippen molar-refractivity contribution in [2.45, 2.75) is 25.3 Å². The second kappa shape index (κ2) is 4.08. The van der Waals surface area contributed by atoms with Crippen LogP contribution in [0.1, 0.15) is 19.8 Å². The van der Waals surface area contributed by atoms with Crippen molar-refractivity contribution in [1.82, 2.24) is 0 Å². The van der Waals surface area contributed by atoms with Gasteiger partial charge in [0.15, 0.2) is 11.5 Å². The van der Waals surface area contributed by atoms with Gasteiger partial charge >= 0.3 is 15.6 Å². The van der Waals surface area contributed by atoms with Gasteiger partial charge in [-0.3, -0.25) is 4.79 Å². The first-order valence-corrected chi connectivity index (χ1v) is 5.80. The van der Waals surface area contributed by atoms with E-state index >= 15 is 0 Å². The summed E-state index contributed by atoms with van der Waals surface area (Å²) in [5.41, 5.74) is -5.52. The minimum Gasteiger partial charge on any atom is -0.373 e. The van der Waals surface area contributed by atoms with Crippen LogP contribution in [0.2, 0.25) is 0 Å². The molecular formula is C8H9F3O4S. The van der Waals surface area contributed by atoms with E-state index in [4.69, 9.17) is 0 Å². The van der Waals surface area contributed by atoms with E-state index in [1.807, 2.05) is 0 Å². The average molecular weight is 258 g/mol. The van der Waals surface area contributed by atoms with Gasteiger partial charge in [-0.15, -0.1) is 0 Å². The van der Waals surface area contributed by atoms with Crippen molar-refractivity contribution in [1.29, 1.82) is 0 Å². The molecule has 0 fully saturated rings. The maximum atomic E-state index is 12.0. The van der Waals surface area contributed by atoms with E-state index in [0.29, 0.717) is 6.42 Å². The largest absolute Gasteiger partial charge is 0.534 e. The van der Waals surface area contributed by atoms with Crippen LogP contribution in [-0.2, 0) is 19.1 Å². The molecule has 0 heterocycles. The van der Waals surface area contributed by atoms with Crippen LogP contribution in [-0.4, -0.2) is 19.7 Å². The summed E-state index contributed by atoms with van der Waals surface area (Å²) in [6.07, 6.45) is 1.55. The van der Waals surface area contributed by atoms with Gasteiger partial charge < -0.3 is 4.18 Å². The fourth-order valence-corrected chi connectivity index (χ4v) is 1.64. The monoisotopic (exact) mass is 258 g/mol. The molecule has 0 unspecified atom stereocenters. The molecule has 0 aromatic heterocycles. The van der Waals surface area contributed by atoms with Gasteiger partial charge in [0.1, 0.15) is 0 Å². The van der Waals surface area contributed by atoms with E-state index in [0.717, 1.165) is 6.08 Å². The van der Waals surface area contributed by atoms with Gasteiger partial charge in [0, 0.05) is 6.42 Å². The fraction of sp³-hybridized carbons (Fsp3) is 0.625. The van der Waals surface area contributed by atoms with Gasteiger partial charge in [0.05, 0.1) is 0 Å². The zero-order valence-electron chi connectivity index (χ0n) is 8.24. The Hall–Kier alpha value is -1.05. The van der Waals surface area contributed by atoms with Crippen molar-refractivity contribution >= 4 is 15.9 Å². The van der Waals surface area contributed by atoms with Gasteiger partial charge in [-0.2, -0.15) is 21.6 Å². The van der Waals surface area contributed by atoms with E-state index < -0.39 is 27.2 Å². The van der Waals surface area contributed by atoms with Crippen molar-refractivity contribution in [3.63, 3.8) is 0 Å². The molecular weight excluding hydrogens is 249 g/mol. The molecule has 0 bridgehead atoms. The first kappa shape index (κ1) is 13.0. The van der Waals surface area contributed by atoms with E-state index in [9.17, 15) is 26.4 Å². The summed E-state index contributed by atoms with van der Waals surface area (Å²) in [7, 11) is -5.74. The highest BCUT2D eigenvalue weighted by atomic mass is 32.2. The Morgan fingerprint density at radius 1 is 1.44 bits per heavy atom. The van der Waals surface area contributed by atoms with E-state index in [2.05, 4.69) is 4.18 Å². The molecule has 1 aliphatic rings. The highest BCUT2D eigenvalue weighted by Crippen LogP contribution is 2.29. The van der Waals surface area contributed by atoms with Crippen LogP contribution in [0, 0.1) is 5.92 Å². The minimum absolute atomic E-state index is 0.0135. The van der Waals surface area contributed by atoms with Crippen LogP contribution in [0.4, 0.5) is 13.2 Å². The number of Topliss-reactive ketones (excluding diaryl/α,β-unsaturated/α-hetero) is 1. The summed E-state index contributed by atoms with van der Waals surface area (Å²) in [5, 5.41) is 0. The van der Waals surface area contributed by atoms with Gasteiger partial charge in [-0.25, -0.2) is 0 Å². The molecule has 1 aliphatic carbocycles. The topological polar surface area (TPSA) is 60.4 Å². The Kier molecular flexibility index (Phi) is 3.32. The molecule has 1 rings (SSSR count). The third-order valence-corrected chi connectivity index (χ3v) is 2.99. The smallest absolute Gasteiger partial charge is 0.373 e. The Morgan fingerprint density at radius 2 is 2.00 bits per heavy atom. The zero-order valence-corrected chi connectivity index (χ0v) is 9.06. The molecule has 0 amide bonds. The lowest BCUT2D eigenvalue weighted by Gasteiger charge is -2.17. The molecule has 0 saturated carbocycles. The number of allylic oxidation sites excluding steroid dienone is 2. The quantitative estimate of drug-likeness (QED) is 0.559. The van der Waals surface area contributed by atoms with Gasteiger partial charge in [0.2, 0.25) is 0 Å². The first-order chi connectivity index (χ1) is 7.13. The normalized spacial score (nSPS) is 22.9. The Bertz CT molecular complexity index is 421. The summed E-state index contributed by atoms with van der Waals surface area (Å²) in [6.45, 7) is 1.65. The molecule has 16 heavy (non-hydrogen) atoms. The Balaban J connectivity index is 2.94. The number of rotatable bonds is 2. The van der Waals surface area contributed by atoms with Crippen LogP contribution in [0.15, 0.2) is 11.8 Å². The number of halogens is 3. The molecule has 8 heteroatoms. The Labute approximate surface area is 90.2 Å². The molecule has 0 aromatic carbocycles. The lowest BCUT2D eigenvalue weighted by atomic mass is 9.96. The molecule has 0 spiro atoms. The van der Waals surface area contributed by atoms with E-state index in [-0.39, 0.29) is 12.3 Å². The third-order valence-electron chi connectivity index (χ3n) is 2.02. The van der Waals surface area contributed by atoms with Gasteiger partial charge in [-0.05, 0) is 18.4 Å². The predicted octanol–water partition coefficient (Wildman–Crippen LogP) is 1.74. The maximum absolute atomic E-state index is 12.0. The van der Waals surface area contributed by atoms with E-state index in [1.54, 1.807) is 6.92 Å². The fourth-order valence-electron chi connectivity index (χ4n) is 1.16. The molecule has 92 valence electrons. The molecule has 0 radical (unpaired) electrons. The van der Waals surface area contributed by atoms with Crippen LogP contribution in [0.5, 0.6) is 0 Å². The molecule has 0 aromatic rings. The summed E-state index contributed by atoms with van der Waals surface area (Å²) >= 11 is 0. The van der Waals surface area contributed by atoms with Crippen molar-refractivity contribution < 1.29 is 30.6 Å². The van der Waals surface area contributed by atoms with Crippen LogP contribution in [0.25, 0.3) is 0 Å². The standard InChI is InChI=1S/C8H9F3O4S/c1-5-2-3-6(12)7(4-5)15-16(13,14)8(9,10)11/h4-5H,2-3H2,1H3/t5-/m1/s1. The molecule has 1 atom stereocenters. The summed E-state index contributed by atoms with van der Waals surface area (Å²) in [6, 6.07) is 0. The number of ketones is 1. The summed E-state index contributed by atoms with van der Waals surface area (Å²) < 4.78 is 60.9. The molecule has 4 nitrogen and oxygen atoms in total. The molecule has 0 aliphatic heterocycles. The van der Waals surface area contributed by atoms with Crippen LogP contribution >= 0.6 is 0 Å². The van der Waals surface area contributed by atoms with Crippen molar-refractivity contribution in [3.8, 4) is 0 Å². The van der Waals surface area contributed by atoms with E-state index in [1.165, 1.54) is 0 Å². The van der Waals surface area contributed by atoms with Crippen molar-refractivity contribution in [2.75, 3.05) is 0 Å². The number of hydrogen-bond donors (Lipinski definition) is 0. The summed E-state index contributed by atoms with van der Waals surface area (Å²) in [5.74, 6) is -1.65. The lowest BCUT2D eigenvalue weighted by Crippen LogP contribution is -2.28. The van der Waals surface area contributed by atoms with Crippen molar-refractivity contribution in [2.24, 2.45) is 5.92 Å². The van der Waals surface area contributed by atoms with Gasteiger partial charge in [0.25, 0.3) is 0 Å². The second-order valence-corrected chi connectivity index (χ2v) is 4.99. The third kappa shape index (κ3) is 2.75. The SMILES string of the molecule is C[C@H]1C=C(OS(=O)(=O)C(F)(F)F)C(=O)CC1. The van der Waals surface area contributed by atoms with Crippen LogP contribution in [0.3, 0.4) is 0 Å². The first-order valence-electron chi connectivity index (χ1n) is 4.39. The zero-order chi connectivity index (χ0) is 12.6. The summed E-state index contributed by atoms with van der Waals surface area (Å²) in [4.78, 5) is 11.1. The number of carbonyl (C=O) groups excluding carboxylic acids is 1. The maximum Gasteiger partial charge on any atom is 0.534 e. The minimum atomic E-state index is -5.74. The number of carbonyl (C=O) groups is 1. The molecule has 0 saturated heterocycles. The highest BCUT2D eigenvalue weighted by molar-refractivity contribution is 7.87. The lowest BCUT2D eigenvalue weighted by molar-refractivity contribution is -0.118. The molecule has 0 N–H and O–H groups in total. The van der Waals surface area contributed by atoms with Gasteiger partial charge in [-0.1, -0.05) is 6.92 Å². The second-order valence-electron chi connectivity index (χ2n) is 3.45. The predicted molar refractivity (Wildman–Crippen MR) is 47.5 cm³/mol. The average Bonchev–Trinajstić information content (AvgIpc) is 2.09.